The molecule has 0 saturated carbocycles. The van der Waals surface area contributed by atoms with Gasteiger partial charge >= 0.3 is 0 Å². The maximum atomic E-state index is 6.45. The minimum atomic E-state index is -0.305. The van der Waals surface area contributed by atoms with Crippen LogP contribution < -0.4 is 4.74 Å². The molecule has 0 fully saturated rings. The summed E-state index contributed by atoms with van der Waals surface area (Å²) >= 11 is 18.5. The molecule has 0 aliphatic rings. The third-order valence-corrected chi connectivity index (χ3v) is 3.77. The van der Waals surface area contributed by atoms with E-state index >= 15 is 0 Å². The first-order valence-corrected chi connectivity index (χ1v) is 7.13. The highest BCUT2D eigenvalue weighted by Gasteiger charge is 2.14. The number of hydrogen-bond donors (Lipinski definition) is 0. The lowest BCUT2D eigenvalue weighted by molar-refractivity contribution is 0.340. The standard InChI is InChI=1S/C15H13Cl3O/c1-2-19-12-6-3-10(4-7-12)15(18)13-8-5-11(16)9-14(13)17/h3-9,15H,2H2,1H3. The fourth-order valence-electron chi connectivity index (χ4n) is 1.79. The number of rotatable bonds is 4. The van der Waals surface area contributed by atoms with Crippen LogP contribution >= 0.6 is 34.8 Å². The van der Waals surface area contributed by atoms with Gasteiger partial charge in [0.15, 0.2) is 0 Å². The van der Waals surface area contributed by atoms with Gasteiger partial charge in [0, 0.05) is 10.0 Å². The molecule has 2 aromatic rings. The Morgan fingerprint density at radius 3 is 2.32 bits per heavy atom. The summed E-state index contributed by atoms with van der Waals surface area (Å²) in [5.74, 6) is 0.831. The highest BCUT2D eigenvalue weighted by molar-refractivity contribution is 6.36. The van der Waals surface area contributed by atoms with Gasteiger partial charge in [-0.2, -0.15) is 0 Å². The van der Waals surface area contributed by atoms with Crippen LogP contribution in [-0.2, 0) is 0 Å². The molecule has 0 heterocycles. The van der Waals surface area contributed by atoms with Crippen molar-refractivity contribution >= 4 is 34.8 Å². The summed E-state index contributed by atoms with van der Waals surface area (Å²) in [5.41, 5.74) is 1.81. The van der Waals surface area contributed by atoms with Crippen LogP contribution in [0.4, 0.5) is 0 Å². The molecule has 0 amide bonds. The molecule has 2 rings (SSSR count). The Bertz CT molecular complexity index is 552. The fraction of sp³-hybridized carbons (Fsp3) is 0.200. The van der Waals surface area contributed by atoms with Crippen molar-refractivity contribution in [1.29, 1.82) is 0 Å². The average Bonchev–Trinajstić information content (AvgIpc) is 2.39. The number of hydrogen-bond acceptors (Lipinski definition) is 1. The molecule has 1 atom stereocenters. The Morgan fingerprint density at radius 2 is 1.74 bits per heavy atom. The van der Waals surface area contributed by atoms with Gasteiger partial charge in [0.05, 0.1) is 12.0 Å². The highest BCUT2D eigenvalue weighted by Crippen LogP contribution is 2.35. The van der Waals surface area contributed by atoms with Crippen LogP contribution in [0.5, 0.6) is 5.75 Å². The number of benzene rings is 2. The predicted octanol–water partition coefficient (Wildman–Crippen LogP) is 5.72. The van der Waals surface area contributed by atoms with Crippen LogP contribution in [-0.4, -0.2) is 6.61 Å². The lowest BCUT2D eigenvalue weighted by Gasteiger charge is -2.13. The molecule has 0 spiro atoms. The van der Waals surface area contributed by atoms with Crippen molar-refractivity contribution < 1.29 is 4.74 Å². The van der Waals surface area contributed by atoms with Gasteiger partial charge < -0.3 is 4.74 Å². The first-order chi connectivity index (χ1) is 9.11. The Balaban J connectivity index is 2.25. The van der Waals surface area contributed by atoms with Crippen LogP contribution in [0.2, 0.25) is 10.0 Å². The Kier molecular flexibility index (Phi) is 4.98. The van der Waals surface area contributed by atoms with Crippen LogP contribution in [0, 0.1) is 0 Å². The van der Waals surface area contributed by atoms with E-state index in [9.17, 15) is 0 Å². The second kappa shape index (κ2) is 6.51. The topological polar surface area (TPSA) is 9.23 Å². The average molecular weight is 316 g/mol. The van der Waals surface area contributed by atoms with E-state index in [0.29, 0.717) is 16.7 Å². The number of alkyl halides is 1. The monoisotopic (exact) mass is 314 g/mol. The van der Waals surface area contributed by atoms with E-state index in [1.165, 1.54) is 0 Å². The second-order valence-electron chi connectivity index (χ2n) is 4.03. The molecule has 0 saturated heterocycles. The zero-order valence-corrected chi connectivity index (χ0v) is 12.6. The van der Waals surface area contributed by atoms with Crippen molar-refractivity contribution in [3.8, 4) is 5.75 Å². The molecule has 0 N–H and O–H groups in total. The van der Waals surface area contributed by atoms with Gasteiger partial charge in [-0.1, -0.05) is 41.4 Å². The van der Waals surface area contributed by atoms with Crippen LogP contribution in [0.15, 0.2) is 42.5 Å². The van der Waals surface area contributed by atoms with E-state index in [1.807, 2.05) is 37.3 Å². The molecule has 4 heteroatoms. The summed E-state index contributed by atoms with van der Waals surface area (Å²) in [6.45, 7) is 2.60. The van der Waals surface area contributed by atoms with Gasteiger partial charge in [0.25, 0.3) is 0 Å². The van der Waals surface area contributed by atoms with E-state index in [1.54, 1.807) is 12.1 Å². The summed E-state index contributed by atoms with van der Waals surface area (Å²) in [6, 6.07) is 13.0. The van der Waals surface area contributed by atoms with Crippen molar-refractivity contribution in [3.05, 3.63) is 63.6 Å². The predicted molar refractivity (Wildman–Crippen MR) is 81.8 cm³/mol. The summed E-state index contributed by atoms with van der Waals surface area (Å²) < 4.78 is 5.40. The van der Waals surface area contributed by atoms with Crippen molar-refractivity contribution in [2.24, 2.45) is 0 Å². The molecule has 0 aromatic heterocycles. The zero-order valence-electron chi connectivity index (χ0n) is 10.4. The molecule has 2 aromatic carbocycles. The Hall–Kier alpha value is -0.890. The first kappa shape index (κ1) is 14.5. The van der Waals surface area contributed by atoms with Crippen molar-refractivity contribution in [3.63, 3.8) is 0 Å². The van der Waals surface area contributed by atoms with Gasteiger partial charge in [-0.05, 0) is 42.3 Å². The quantitative estimate of drug-likeness (QED) is 0.656. The van der Waals surface area contributed by atoms with Crippen molar-refractivity contribution in [1.82, 2.24) is 0 Å². The third kappa shape index (κ3) is 3.56. The lowest BCUT2D eigenvalue weighted by atomic mass is 10.0. The highest BCUT2D eigenvalue weighted by atomic mass is 35.5. The summed E-state index contributed by atoms with van der Waals surface area (Å²) in [5, 5.41) is 0.867. The normalized spacial score (nSPS) is 12.2. The Morgan fingerprint density at radius 1 is 1.05 bits per heavy atom. The zero-order chi connectivity index (χ0) is 13.8. The molecular weight excluding hydrogens is 303 g/mol. The summed E-state index contributed by atoms with van der Waals surface area (Å²) in [6.07, 6.45) is 0. The molecule has 0 bridgehead atoms. The minimum absolute atomic E-state index is 0.305. The Labute approximate surface area is 128 Å². The van der Waals surface area contributed by atoms with E-state index < -0.39 is 0 Å². The molecular formula is C15H13Cl3O. The third-order valence-electron chi connectivity index (χ3n) is 2.72. The van der Waals surface area contributed by atoms with Gasteiger partial charge in [-0.15, -0.1) is 11.6 Å². The number of ether oxygens (including phenoxy) is 1. The van der Waals surface area contributed by atoms with E-state index in [0.717, 1.165) is 16.9 Å². The maximum Gasteiger partial charge on any atom is 0.119 e. The van der Waals surface area contributed by atoms with Crippen LogP contribution in [0.1, 0.15) is 23.4 Å². The smallest absolute Gasteiger partial charge is 0.119 e. The first-order valence-electron chi connectivity index (χ1n) is 5.93. The minimum Gasteiger partial charge on any atom is -0.494 e. The van der Waals surface area contributed by atoms with Crippen LogP contribution in [0.3, 0.4) is 0 Å². The van der Waals surface area contributed by atoms with Gasteiger partial charge in [0.2, 0.25) is 0 Å². The summed E-state index contributed by atoms with van der Waals surface area (Å²) in [4.78, 5) is 0. The summed E-state index contributed by atoms with van der Waals surface area (Å²) in [7, 11) is 0. The molecule has 19 heavy (non-hydrogen) atoms. The van der Waals surface area contributed by atoms with E-state index in [4.69, 9.17) is 39.5 Å². The van der Waals surface area contributed by atoms with Gasteiger partial charge in [-0.3, -0.25) is 0 Å². The second-order valence-corrected chi connectivity index (χ2v) is 5.31. The molecule has 0 aliphatic heterocycles. The molecule has 0 radical (unpaired) electrons. The van der Waals surface area contributed by atoms with Gasteiger partial charge in [-0.25, -0.2) is 0 Å². The molecule has 0 aliphatic carbocycles. The molecule has 1 nitrogen and oxygen atoms in total. The van der Waals surface area contributed by atoms with Crippen molar-refractivity contribution in [2.45, 2.75) is 12.3 Å². The maximum absolute atomic E-state index is 6.45. The largest absolute Gasteiger partial charge is 0.494 e. The SMILES string of the molecule is CCOc1ccc(C(Cl)c2ccc(Cl)cc2Cl)cc1. The van der Waals surface area contributed by atoms with Gasteiger partial charge in [0.1, 0.15) is 5.75 Å². The molecule has 1 unspecified atom stereocenters. The van der Waals surface area contributed by atoms with Crippen LogP contribution in [0.25, 0.3) is 0 Å². The van der Waals surface area contributed by atoms with E-state index in [2.05, 4.69) is 0 Å². The van der Waals surface area contributed by atoms with Crippen molar-refractivity contribution in [2.75, 3.05) is 6.61 Å². The van der Waals surface area contributed by atoms with E-state index in [-0.39, 0.29) is 5.38 Å². The molecule has 100 valence electrons. The number of halogens is 3. The lowest BCUT2D eigenvalue weighted by Crippen LogP contribution is -1.96. The fourth-order valence-corrected chi connectivity index (χ4v) is 2.70.